The zero-order valence-corrected chi connectivity index (χ0v) is 13.6. The summed E-state index contributed by atoms with van der Waals surface area (Å²) in [6.07, 6.45) is 1.47. The van der Waals surface area contributed by atoms with Crippen LogP contribution in [0.1, 0.15) is 20.3 Å². The van der Waals surface area contributed by atoms with E-state index in [2.05, 4.69) is 5.32 Å². The predicted molar refractivity (Wildman–Crippen MR) is 79.8 cm³/mol. The minimum Gasteiger partial charge on any atom is -0.480 e. The molecule has 0 aliphatic carbocycles. The van der Waals surface area contributed by atoms with Crippen molar-refractivity contribution in [2.75, 3.05) is 13.1 Å². The molecule has 0 unspecified atom stereocenters. The number of fused-ring (bicyclic) bond motifs is 1. The molecular weight excluding hydrogens is 326 g/mol. The van der Waals surface area contributed by atoms with E-state index in [9.17, 15) is 27.9 Å². The Bertz CT molecular complexity index is 696. The predicted octanol–water partition coefficient (Wildman–Crippen LogP) is -1.79. The lowest BCUT2D eigenvalue weighted by atomic mass is 9.95. The maximum Gasteiger partial charge on any atom is 0.328 e. The standard InChI is InChI=1S/C13H19N3O6S/c1-13(2)9(12(19)20)16-10(18)7(11(16)23(13,21)22)6-8(17)15-5-3-4-14/h6,9,11H,3-5,14H2,1-2H3,(H,15,17)(H,19,20)/b7-6-/t9-,11+/m0/s1. The number of β-lactam (4-membered cyclic amide) rings is 1. The summed E-state index contributed by atoms with van der Waals surface area (Å²) in [6, 6.07) is -1.47. The largest absolute Gasteiger partial charge is 0.480 e. The third-order valence-corrected chi connectivity index (χ3v) is 6.92. The average molecular weight is 345 g/mol. The number of carboxylic acid groups (broad SMARTS) is 1. The Morgan fingerprint density at radius 1 is 1.43 bits per heavy atom. The minimum absolute atomic E-state index is 0.202. The van der Waals surface area contributed by atoms with Crippen LogP contribution in [0.2, 0.25) is 0 Å². The minimum atomic E-state index is -3.96. The molecule has 0 aromatic carbocycles. The van der Waals surface area contributed by atoms with Gasteiger partial charge in [0, 0.05) is 12.6 Å². The van der Waals surface area contributed by atoms with Crippen LogP contribution in [0.3, 0.4) is 0 Å². The zero-order chi connectivity index (χ0) is 17.6. The molecule has 0 saturated carbocycles. The number of amides is 2. The molecule has 23 heavy (non-hydrogen) atoms. The molecule has 2 heterocycles. The van der Waals surface area contributed by atoms with Crippen molar-refractivity contribution >= 4 is 27.6 Å². The highest BCUT2D eigenvalue weighted by Crippen LogP contribution is 2.48. The molecule has 0 aromatic heterocycles. The second-order valence-electron chi connectivity index (χ2n) is 5.99. The number of rotatable bonds is 5. The first-order valence-electron chi connectivity index (χ1n) is 7.05. The van der Waals surface area contributed by atoms with E-state index in [0.29, 0.717) is 19.5 Å². The number of nitrogens with two attached hydrogens (primary N) is 1. The Morgan fingerprint density at radius 2 is 2.04 bits per heavy atom. The molecule has 2 rings (SSSR count). The molecule has 0 aromatic rings. The van der Waals surface area contributed by atoms with Crippen LogP contribution in [0.5, 0.6) is 0 Å². The third kappa shape index (κ3) is 2.41. The summed E-state index contributed by atoms with van der Waals surface area (Å²) in [7, 11) is -3.96. The van der Waals surface area contributed by atoms with Gasteiger partial charge in [0.05, 0.1) is 5.57 Å². The molecule has 4 N–H and O–H groups in total. The Kier molecular flexibility index (Phi) is 4.24. The number of hydrogen-bond acceptors (Lipinski definition) is 6. The second kappa shape index (κ2) is 5.60. The van der Waals surface area contributed by atoms with E-state index in [1.54, 1.807) is 0 Å². The molecule has 2 amide bonds. The van der Waals surface area contributed by atoms with Crippen molar-refractivity contribution in [1.82, 2.24) is 10.2 Å². The lowest BCUT2D eigenvalue weighted by Gasteiger charge is -2.37. The van der Waals surface area contributed by atoms with Crippen LogP contribution >= 0.6 is 0 Å². The summed E-state index contributed by atoms with van der Waals surface area (Å²) in [6.45, 7) is 3.23. The number of hydrogen-bond donors (Lipinski definition) is 3. The van der Waals surface area contributed by atoms with Crippen molar-refractivity contribution < 1.29 is 27.9 Å². The second-order valence-corrected chi connectivity index (χ2v) is 8.58. The van der Waals surface area contributed by atoms with Gasteiger partial charge in [-0.3, -0.25) is 9.59 Å². The van der Waals surface area contributed by atoms with Gasteiger partial charge >= 0.3 is 5.97 Å². The average Bonchev–Trinajstić information content (AvgIpc) is 2.58. The van der Waals surface area contributed by atoms with Gasteiger partial charge < -0.3 is 21.1 Å². The Hall–Kier alpha value is -1.94. The first-order valence-corrected chi connectivity index (χ1v) is 8.60. The number of carbonyl (C=O) groups is 3. The van der Waals surface area contributed by atoms with E-state index in [1.807, 2.05) is 0 Å². The van der Waals surface area contributed by atoms with Crippen LogP contribution in [0.15, 0.2) is 11.6 Å². The summed E-state index contributed by atoms with van der Waals surface area (Å²) >= 11 is 0. The summed E-state index contributed by atoms with van der Waals surface area (Å²) in [5.41, 5.74) is 5.09. The van der Waals surface area contributed by atoms with Crippen LogP contribution < -0.4 is 11.1 Å². The highest BCUT2D eigenvalue weighted by Gasteiger charge is 2.70. The highest BCUT2D eigenvalue weighted by molar-refractivity contribution is 7.94. The molecule has 128 valence electrons. The maximum absolute atomic E-state index is 12.5. The van der Waals surface area contributed by atoms with Gasteiger partial charge in [-0.05, 0) is 26.8 Å². The molecule has 0 bridgehead atoms. The van der Waals surface area contributed by atoms with Crippen molar-refractivity contribution in [1.29, 1.82) is 0 Å². The van der Waals surface area contributed by atoms with Gasteiger partial charge in [-0.2, -0.15) is 0 Å². The zero-order valence-electron chi connectivity index (χ0n) is 12.8. The van der Waals surface area contributed by atoms with Crippen LogP contribution in [0, 0.1) is 0 Å². The van der Waals surface area contributed by atoms with Crippen molar-refractivity contribution in [3.8, 4) is 0 Å². The van der Waals surface area contributed by atoms with Gasteiger partial charge in [0.2, 0.25) is 5.91 Å². The van der Waals surface area contributed by atoms with E-state index < -0.39 is 43.8 Å². The van der Waals surface area contributed by atoms with Gasteiger partial charge in [0.1, 0.15) is 4.75 Å². The van der Waals surface area contributed by atoms with Crippen LogP contribution in [0.25, 0.3) is 0 Å². The monoisotopic (exact) mass is 345 g/mol. The third-order valence-electron chi connectivity index (χ3n) is 4.16. The highest BCUT2D eigenvalue weighted by atomic mass is 32.2. The van der Waals surface area contributed by atoms with Crippen LogP contribution in [0.4, 0.5) is 0 Å². The van der Waals surface area contributed by atoms with E-state index in [0.717, 1.165) is 11.0 Å². The summed E-state index contributed by atoms with van der Waals surface area (Å²) in [5.74, 6) is -2.74. The fraction of sp³-hybridized carbons (Fsp3) is 0.615. The molecule has 2 aliphatic heterocycles. The fourth-order valence-corrected chi connectivity index (χ4v) is 4.97. The molecule has 0 spiro atoms. The van der Waals surface area contributed by atoms with E-state index in [4.69, 9.17) is 5.73 Å². The van der Waals surface area contributed by atoms with Crippen LogP contribution in [-0.2, 0) is 24.2 Å². The first-order chi connectivity index (χ1) is 10.6. The molecule has 2 atom stereocenters. The smallest absolute Gasteiger partial charge is 0.328 e. The Labute approximate surface area is 133 Å². The maximum atomic E-state index is 12.5. The summed E-state index contributed by atoms with van der Waals surface area (Å²) in [5, 5.41) is 10.4. The lowest BCUT2D eigenvalue weighted by Crippen LogP contribution is -2.59. The topological polar surface area (TPSA) is 147 Å². The van der Waals surface area contributed by atoms with Gasteiger partial charge in [0.25, 0.3) is 5.91 Å². The number of nitrogens with one attached hydrogen (secondary N) is 1. The lowest BCUT2D eigenvalue weighted by molar-refractivity contribution is -0.152. The Balaban J connectivity index is 2.31. The first kappa shape index (κ1) is 17.4. The molecule has 9 nitrogen and oxygen atoms in total. The molecule has 2 fully saturated rings. The summed E-state index contributed by atoms with van der Waals surface area (Å²) in [4.78, 5) is 36.1. The van der Waals surface area contributed by atoms with Crippen molar-refractivity contribution in [2.24, 2.45) is 5.73 Å². The number of sulfone groups is 1. The number of carboxylic acids is 1. The quantitative estimate of drug-likeness (QED) is 0.303. The van der Waals surface area contributed by atoms with Crippen LogP contribution in [-0.4, -0.2) is 65.5 Å². The van der Waals surface area contributed by atoms with Crippen molar-refractivity contribution in [3.05, 3.63) is 11.6 Å². The normalized spacial score (nSPS) is 29.1. The van der Waals surface area contributed by atoms with E-state index in [1.165, 1.54) is 13.8 Å². The van der Waals surface area contributed by atoms with Gasteiger partial charge in [-0.25, -0.2) is 13.2 Å². The fourth-order valence-electron chi connectivity index (χ4n) is 2.85. The number of carbonyl (C=O) groups excluding carboxylic acids is 2. The SMILES string of the molecule is CC1(C)[C@H](C(=O)O)N2C(=O)/C(=C/C(=O)NCCCN)[C@H]2S1(=O)=O. The van der Waals surface area contributed by atoms with E-state index in [-0.39, 0.29) is 5.57 Å². The van der Waals surface area contributed by atoms with E-state index >= 15 is 0 Å². The van der Waals surface area contributed by atoms with Gasteiger partial charge in [-0.15, -0.1) is 0 Å². The molecular formula is C13H19N3O6S. The molecule has 0 radical (unpaired) electrons. The summed E-state index contributed by atoms with van der Waals surface area (Å²) < 4.78 is 23.5. The molecule has 2 aliphatic rings. The molecule has 2 saturated heterocycles. The number of aliphatic carboxylic acids is 1. The Morgan fingerprint density at radius 3 is 2.57 bits per heavy atom. The van der Waals surface area contributed by atoms with Gasteiger partial charge in [-0.1, -0.05) is 0 Å². The van der Waals surface area contributed by atoms with Crippen molar-refractivity contribution in [3.63, 3.8) is 0 Å². The van der Waals surface area contributed by atoms with Crippen molar-refractivity contribution in [2.45, 2.75) is 36.4 Å². The molecule has 10 heteroatoms. The van der Waals surface area contributed by atoms with Gasteiger partial charge in [0.15, 0.2) is 21.3 Å². The number of nitrogens with zero attached hydrogens (tertiary/aromatic N) is 1.